The molecule has 0 fully saturated rings. The van der Waals surface area contributed by atoms with Gasteiger partial charge in [-0.2, -0.15) is 0 Å². The van der Waals surface area contributed by atoms with E-state index in [9.17, 15) is 14.4 Å². The number of nitrogens with zero attached hydrogens (tertiary/aromatic N) is 1. The summed E-state index contributed by atoms with van der Waals surface area (Å²) in [4.78, 5) is 37.8. The monoisotopic (exact) mass is 378 g/mol. The molecule has 7 heteroatoms. The van der Waals surface area contributed by atoms with Crippen molar-refractivity contribution >= 4 is 35.6 Å². The van der Waals surface area contributed by atoms with E-state index >= 15 is 0 Å². The molecule has 0 saturated heterocycles. The van der Waals surface area contributed by atoms with Crippen LogP contribution in [0, 0.1) is 0 Å². The molecule has 1 rings (SSSR count). The molecule has 1 aromatic carbocycles. The second kappa shape index (κ2) is 10.0. The summed E-state index contributed by atoms with van der Waals surface area (Å²) in [7, 11) is 1.49. The van der Waals surface area contributed by atoms with Gasteiger partial charge in [-0.25, -0.2) is 4.79 Å². The van der Waals surface area contributed by atoms with Crippen LogP contribution < -0.4 is 5.32 Å². The molecule has 1 N–H and O–H groups in total. The summed E-state index contributed by atoms with van der Waals surface area (Å²) in [6, 6.07) is 7.69. The van der Waals surface area contributed by atoms with Gasteiger partial charge in [0.05, 0.1) is 6.54 Å². The van der Waals surface area contributed by atoms with E-state index in [4.69, 9.17) is 4.74 Å². The lowest BCUT2D eigenvalue weighted by Gasteiger charge is -2.23. The number of rotatable bonds is 7. The Morgan fingerprint density at radius 2 is 1.81 bits per heavy atom. The van der Waals surface area contributed by atoms with Crippen LogP contribution in [0.4, 0.5) is 0 Å². The number of hydrogen-bond donors (Lipinski definition) is 1. The summed E-state index contributed by atoms with van der Waals surface area (Å²) in [6.45, 7) is 5.07. The third-order valence-corrected chi connectivity index (χ3v) is 3.93. The van der Waals surface area contributed by atoms with E-state index in [1.807, 2.05) is 51.3 Å². The summed E-state index contributed by atoms with van der Waals surface area (Å²) >= 11 is 1.64. The van der Waals surface area contributed by atoms with E-state index in [-0.39, 0.29) is 18.0 Å². The summed E-state index contributed by atoms with van der Waals surface area (Å²) < 4.78 is 4.92. The number of esters is 1. The molecular weight excluding hydrogens is 352 g/mol. The first-order valence-corrected chi connectivity index (χ1v) is 9.37. The van der Waals surface area contributed by atoms with Gasteiger partial charge in [0.15, 0.2) is 6.61 Å². The first-order chi connectivity index (χ1) is 12.1. The van der Waals surface area contributed by atoms with Crippen LogP contribution in [0.3, 0.4) is 0 Å². The quantitative estimate of drug-likeness (QED) is 0.448. The van der Waals surface area contributed by atoms with Crippen LogP contribution in [0.2, 0.25) is 0 Å². The number of carbonyl (C=O) groups excluding carboxylic acids is 3. The van der Waals surface area contributed by atoms with E-state index in [1.165, 1.54) is 18.0 Å². The van der Waals surface area contributed by atoms with Crippen molar-refractivity contribution in [3.63, 3.8) is 0 Å². The minimum atomic E-state index is -0.611. The van der Waals surface area contributed by atoms with Gasteiger partial charge >= 0.3 is 5.97 Å². The average molecular weight is 378 g/mol. The zero-order valence-corrected chi connectivity index (χ0v) is 16.7. The minimum absolute atomic E-state index is 0.0920. The Morgan fingerprint density at radius 1 is 1.19 bits per heavy atom. The lowest BCUT2D eigenvalue weighted by atomic mass is 10.1. The van der Waals surface area contributed by atoms with Crippen LogP contribution in [0.5, 0.6) is 0 Å². The fourth-order valence-electron chi connectivity index (χ4n) is 1.93. The van der Waals surface area contributed by atoms with E-state index in [1.54, 1.807) is 17.8 Å². The number of hydrogen-bond acceptors (Lipinski definition) is 5. The number of ether oxygens (including phenoxy) is 1. The van der Waals surface area contributed by atoms with Gasteiger partial charge in [-0.05, 0) is 50.8 Å². The van der Waals surface area contributed by atoms with Gasteiger partial charge in [-0.15, -0.1) is 11.8 Å². The molecule has 0 aliphatic rings. The molecule has 2 amide bonds. The van der Waals surface area contributed by atoms with Crippen molar-refractivity contribution in [1.82, 2.24) is 10.2 Å². The van der Waals surface area contributed by atoms with Crippen LogP contribution >= 0.6 is 11.8 Å². The molecule has 0 saturated carbocycles. The molecule has 142 valence electrons. The molecule has 0 atom stereocenters. The molecule has 0 unspecified atom stereocenters. The van der Waals surface area contributed by atoms with Crippen molar-refractivity contribution in [1.29, 1.82) is 0 Å². The summed E-state index contributed by atoms with van der Waals surface area (Å²) in [5, 5.41) is 2.76. The van der Waals surface area contributed by atoms with Crippen LogP contribution in [0.1, 0.15) is 26.3 Å². The Hall–Kier alpha value is -2.28. The molecule has 0 spiro atoms. The van der Waals surface area contributed by atoms with E-state index < -0.39 is 18.5 Å². The smallest absolute Gasteiger partial charge is 0.331 e. The number of benzene rings is 1. The Bertz CT molecular complexity index is 663. The van der Waals surface area contributed by atoms with Crippen LogP contribution in [-0.2, 0) is 19.1 Å². The van der Waals surface area contributed by atoms with Gasteiger partial charge in [0, 0.05) is 23.6 Å². The van der Waals surface area contributed by atoms with Gasteiger partial charge in [0.1, 0.15) is 0 Å². The number of likely N-dealkylation sites (N-methyl/N-ethyl adjacent to an activating group) is 1. The van der Waals surface area contributed by atoms with Crippen molar-refractivity contribution < 1.29 is 19.1 Å². The van der Waals surface area contributed by atoms with Crippen molar-refractivity contribution in [3.05, 3.63) is 35.9 Å². The predicted octanol–water partition coefficient (Wildman–Crippen LogP) is 2.34. The fourth-order valence-corrected chi connectivity index (χ4v) is 2.34. The predicted molar refractivity (Wildman–Crippen MR) is 104 cm³/mol. The highest BCUT2D eigenvalue weighted by Crippen LogP contribution is 2.15. The second-order valence-corrected chi connectivity index (χ2v) is 7.64. The van der Waals surface area contributed by atoms with Crippen molar-refractivity contribution in [2.45, 2.75) is 31.2 Å². The topological polar surface area (TPSA) is 75.7 Å². The van der Waals surface area contributed by atoms with E-state index in [2.05, 4.69) is 5.32 Å². The van der Waals surface area contributed by atoms with Crippen LogP contribution in [0.25, 0.3) is 6.08 Å². The molecule has 26 heavy (non-hydrogen) atoms. The molecule has 1 aromatic rings. The number of carbonyl (C=O) groups is 3. The molecule has 0 heterocycles. The minimum Gasteiger partial charge on any atom is -0.452 e. The van der Waals surface area contributed by atoms with Gasteiger partial charge < -0.3 is 15.0 Å². The Morgan fingerprint density at radius 3 is 2.35 bits per heavy atom. The lowest BCUT2D eigenvalue weighted by molar-refractivity contribution is -0.148. The van der Waals surface area contributed by atoms with Crippen LogP contribution in [0.15, 0.2) is 35.2 Å². The van der Waals surface area contributed by atoms with E-state index in [0.717, 1.165) is 10.5 Å². The van der Waals surface area contributed by atoms with E-state index in [0.29, 0.717) is 0 Å². The van der Waals surface area contributed by atoms with Crippen LogP contribution in [-0.4, -0.2) is 54.7 Å². The molecule has 0 aliphatic heterocycles. The second-order valence-electron chi connectivity index (χ2n) is 6.76. The SMILES string of the molecule is CSc1ccc(/C=C/C(=O)OCC(=O)N(C)CC(=O)NC(C)(C)C)cc1. The average Bonchev–Trinajstić information content (AvgIpc) is 2.56. The van der Waals surface area contributed by atoms with Gasteiger partial charge in [-0.1, -0.05) is 12.1 Å². The highest BCUT2D eigenvalue weighted by molar-refractivity contribution is 7.98. The fraction of sp³-hybridized carbons (Fsp3) is 0.421. The molecule has 0 radical (unpaired) electrons. The zero-order chi connectivity index (χ0) is 19.7. The van der Waals surface area contributed by atoms with Crippen molar-refractivity contribution in [2.75, 3.05) is 26.5 Å². The van der Waals surface area contributed by atoms with Crippen molar-refractivity contribution in [3.8, 4) is 0 Å². The first-order valence-electron chi connectivity index (χ1n) is 8.14. The number of thioether (sulfide) groups is 1. The molecule has 0 bridgehead atoms. The third-order valence-electron chi connectivity index (χ3n) is 3.19. The maximum Gasteiger partial charge on any atom is 0.331 e. The maximum atomic E-state index is 11.9. The molecule has 6 nitrogen and oxygen atoms in total. The highest BCUT2D eigenvalue weighted by Gasteiger charge is 2.18. The third kappa shape index (κ3) is 8.71. The van der Waals surface area contributed by atoms with Gasteiger partial charge in [-0.3, -0.25) is 9.59 Å². The zero-order valence-electron chi connectivity index (χ0n) is 15.9. The lowest BCUT2D eigenvalue weighted by Crippen LogP contribution is -2.46. The Kier molecular flexibility index (Phi) is 8.38. The number of nitrogens with one attached hydrogen (secondary N) is 1. The molecule has 0 aliphatic carbocycles. The molecule has 0 aromatic heterocycles. The van der Waals surface area contributed by atoms with Gasteiger partial charge in [0.2, 0.25) is 5.91 Å². The summed E-state index contributed by atoms with van der Waals surface area (Å²) in [6.07, 6.45) is 4.88. The van der Waals surface area contributed by atoms with Gasteiger partial charge in [0.25, 0.3) is 5.91 Å². The first kappa shape index (κ1) is 21.8. The Labute approximate surface area is 159 Å². The maximum absolute atomic E-state index is 11.9. The highest BCUT2D eigenvalue weighted by atomic mass is 32.2. The summed E-state index contributed by atoms with van der Waals surface area (Å²) in [5.41, 5.74) is 0.494. The standard InChI is InChI=1S/C19H26N2O4S/c1-19(2,3)20-16(22)12-21(4)17(23)13-25-18(24)11-8-14-6-9-15(26-5)10-7-14/h6-11H,12-13H2,1-5H3,(H,20,22)/b11-8+. The Balaban J connectivity index is 2.41. The van der Waals surface area contributed by atoms with Crippen molar-refractivity contribution in [2.24, 2.45) is 0 Å². The normalized spacial score (nSPS) is 11.3. The number of amides is 2. The largest absolute Gasteiger partial charge is 0.452 e. The molecular formula is C19H26N2O4S. The summed E-state index contributed by atoms with van der Waals surface area (Å²) in [5.74, 6) is -1.33.